The molecule has 2 rings (SSSR count). The van der Waals surface area contributed by atoms with Crippen molar-refractivity contribution in [3.05, 3.63) is 29.7 Å². The molecule has 1 aromatic heterocycles. The third-order valence-electron chi connectivity index (χ3n) is 2.20. The van der Waals surface area contributed by atoms with Gasteiger partial charge in [0.1, 0.15) is 11.6 Å². The molecule has 0 atom stereocenters. The van der Waals surface area contributed by atoms with Crippen LogP contribution in [0.2, 0.25) is 0 Å². The van der Waals surface area contributed by atoms with E-state index in [0.29, 0.717) is 0 Å². The summed E-state index contributed by atoms with van der Waals surface area (Å²) in [5.74, 6) is -3.12. The van der Waals surface area contributed by atoms with Gasteiger partial charge in [0.15, 0.2) is 0 Å². The smallest absolute Gasteiger partial charge is 0.478 e. The van der Waals surface area contributed by atoms with Crippen LogP contribution in [0.25, 0.3) is 10.9 Å². The number of hydrogen-bond donors (Lipinski definition) is 2. The van der Waals surface area contributed by atoms with Gasteiger partial charge in [-0.05, 0) is 12.1 Å². The molecule has 0 fully saturated rings. The number of ether oxygens (including phenoxy) is 1. The van der Waals surface area contributed by atoms with E-state index in [1.54, 1.807) is 0 Å². The highest BCUT2D eigenvalue weighted by Crippen LogP contribution is 2.34. The van der Waals surface area contributed by atoms with E-state index in [9.17, 15) is 22.4 Å². The minimum absolute atomic E-state index is 0.353. The summed E-state index contributed by atoms with van der Waals surface area (Å²) in [6.07, 6.45) is -4.09. The van der Waals surface area contributed by atoms with Crippen molar-refractivity contribution in [2.75, 3.05) is 0 Å². The Morgan fingerprint density at radius 3 is 2.56 bits per heavy atom. The predicted octanol–water partition coefficient (Wildman–Crippen LogP) is 2.90. The highest BCUT2D eigenvalue weighted by atomic mass is 19.4. The number of carboxylic acids is 1. The second-order valence-electron chi connectivity index (χ2n) is 3.35. The molecule has 0 radical (unpaired) electrons. The van der Waals surface area contributed by atoms with E-state index < -0.39 is 34.8 Å². The number of hydrogen-bond acceptors (Lipinski definition) is 2. The van der Waals surface area contributed by atoms with Crippen LogP contribution in [0.4, 0.5) is 17.6 Å². The molecule has 18 heavy (non-hydrogen) atoms. The zero-order valence-corrected chi connectivity index (χ0v) is 8.51. The molecule has 0 aliphatic heterocycles. The first-order chi connectivity index (χ1) is 8.29. The van der Waals surface area contributed by atoms with Gasteiger partial charge in [-0.15, -0.1) is 13.2 Å². The highest BCUT2D eigenvalue weighted by Gasteiger charge is 2.33. The Bertz CT molecular complexity index is 617. The van der Waals surface area contributed by atoms with Crippen LogP contribution in [0, 0.1) is 5.82 Å². The first-order valence-corrected chi connectivity index (χ1v) is 4.58. The third kappa shape index (κ3) is 2.08. The monoisotopic (exact) mass is 263 g/mol. The van der Waals surface area contributed by atoms with Crippen LogP contribution in [0.15, 0.2) is 18.3 Å². The largest absolute Gasteiger partial charge is 0.573 e. The average molecular weight is 263 g/mol. The molecule has 0 aliphatic rings. The van der Waals surface area contributed by atoms with Crippen molar-refractivity contribution in [1.82, 2.24) is 4.98 Å². The molecular weight excluding hydrogens is 258 g/mol. The summed E-state index contributed by atoms with van der Waals surface area (Å²) in [6.45, 7) is 0. The molecule has 0 unspecified atom stereocenters. The van der Waals surface area contributed by atoms with Gasteiger partial charge in [-0.1, -0.05) is 0 Å². The van der Waals surface area contributed by atoms with Crippen molar-refractivity contribution in [3.63, 3.8) is 0 Å². The summed E-state index contributed by atoms with van der Waals surface area (Å²) >= 11 is 0. The first-order valence-electron chi connectivity index (χ1n) is 4.58. The number of alkyl halides is 3. The number of H-pyrrole nitrogens is 1. The minimum Gasteiger partial charge on any atom is -0.478 e. The van der Waals surface area contributed by atoms with E-state index in [4.69, 9.17) is 5.11 Å². The third-order valence-corrected chi connectivity index (χ3v) is 2.20. The number of carbonyl (C=O) groups is 1. The van der Waals surface area contributed by atoms with Gasteiger partial charge in [-0.25, -0.2) is 9.18 Å². The Kier molecular flexibility index (Phi) is 2.64. The Labute approximate surface area is 96.8 Å². The van der Waals surface area contributed by atoms with Crippen LogP contribution in [0.5, 0.6) is 5.75 Å². The predicted molar refractivity (Wildman–Crippen MR) is 51.9 cm³/mol. The van der Waals surface area contributed by atoms with E-state index in [2.05, 4.69) is 9.72 Å². The van der Waals surface area contributed by atoms with Crippen LogP contribution in [0.1, 0.15) is 10.4 Å². The van der Waals surface area contributed by atoms with Gasteiger partial charge in [-0.3, -0.25) is 0 Å². The fourth-order valence-corrected chi connectivity index (χ4v) is 1.56. The zero-order valence-electron chi connectivity index (χ0n) is 8.51. The van der Waals surface area contributed by atoms with Crippen molar-refractivity contribution < 1.29 is 32.2 Å². The molecule has 0 spiro atoms. The van der Waals surface area contributed by atoms with Gasteiger partial charge in [-0.2, -0.15) is 0 Å². The van der Waals surface area contributed by atoms with Crippen LogP contribution >= 0.6 is 0 Å². The number of aromatic nitrogens is 1. The minimum atomic E-state index is -4.99. The molecule has 0 bridgehead atoms. The maximum Gasteiger partial charge on any atom is 0.573 e. The molecule has 0 aliphatic carbocycles. The Hall–Kier alpha value is -2.25. The molecule has 2 N–H and O–H groups in total. The van der Waals surface area contributed by atoms with E-state index in [0.717, 1.165) is 18.3 Å². The Balaban J connectivity index is 2.70. The molecule has 96 valence electrons. The summed E-state index contributed by atoms with van der Waals surface area (Å²) < 4.78 is 53.4. The lowest BCUT2D eigenvalue weighted by Crippen LogP contribution is -2.17. The van der Waals surface area contributed by atoms with Crippen LogP contribution in [-0.4, -0.2) is 22.4 Å². The normalized spacial score (nSPS) is 11.8. The molecule has 0 saturated heterocycles. The Morgan fingerprint density at radius 1 is 1.33 bits per heavy atom. The van der Waals surface area contributed by atoms with E-state index in [-0.39, 0.29) is 5.52 Å². The molecule has 8 heteroatoms. The van der Waals surface area contributed by atoms with E-state index >= 15 is 0 Å². The maximum absolute atomic E-state index is 13.3. The fraction of sp³-hybridized carbons (Fsp3) is 0.100. The maximum atomic E-state index is 13.3. The lowest BCUT2D eigenvalue weighted by atomic mass is 10.1. The number of aromatic amines is 1. The molecule has 1 aromatic carbocycles. The van der Waals surface area contributed by atoms with Gasteiger partial charge in [0.2, 0.25) is 0 Å². The molecule has 0 amide bonds. The van der Waals surface area contributed by atoms with Crippen molar-refractivity contribution in [2.45, 2.75) is 6.36 Å². The quantitative estimate of drug-likeness (QED) is 0.819. The first kappa shape index (κ1) is 12.2. The molecule has 1 heterocycles. The number of rotatable bonds is 2. The topological polar surface area (TPSA) is 62.3 Å². The summed E-state index contributed by atoms with van der Waals surface area (Å²) in [5, 5.41) is 8.35. The Morgan fingerprint density at radius 2 is 2.00 bits per heavy atom. The average Bonchev–Trinajstić information content (AvgIpc) is 2.65. The van der Waals surface area contributed by atoms with Crippen molar-refractivity contribution in [3.8, 4) is 5.75 Å². The number of halogens is 4. The second kappa shape index (κ2) is 3.90. The number of fused-ring (bicyclic) bond motifs is 1. The van der Waals surface area contributed by atoms with Crippen LogP contribution < -0.4 is 4.74 Å². The van der Waals surface area contributed by atoms with Gasteiger partial charge in [0.05, 0.1) is 16.5 Å². The summed E-state index contributed by atoms with van der Waals surface area (Å²) in [4.78, 5) is 13.1. The highest BCUT2D eigenvalue weighted by molar-refractivity contribution is 6.06. The fourth-order valence-electron chi connectivity index (χ4n) is 1.56. The standard InChI is InChI=1S/C10H5F4NO3/c11-5-1-2-6(18-10(12,13)14)7-4(9(16)17)3-15-8(5)7/h1-3,15H,(H,16,17). The van der Waals surface area contributed by atoms with E-state index in [1.165, 1.54) is 0 Å². The van der Waals surface area contributed by atoms with Gasteiger partial charge >= 0.3 is 12.3 Å². The number of aromatic carboxylic acids is 1. The number of benzene rings is 1. The number of nitrogens with one attached hydrogen (secondary N) is 1. The molecule has 2 aromatic rings. The SMILES string of the molecule is O=C(O)c1c[nH]c2c(F)ccc(OC(F)(F)F)c12. The van der Waals surface area contributed by atoms with Crippen molar-refractivity contribution >= 4 is 16.9 Å². The molecule has 0 saturated carbocycles. The van der Waals surface area contributed by atoms with E-state index in [1.807, 2.05) is 0 Å². The number of carboxylic acid groups (broad SMARTS) is 1. The lowest BCUT2D eigenvalue weighted by Gasteiger charge is -2.10. The van der Waals surface area contributed by atoms with Crippen molar-refractivity contribution in [1.29, 1.82) is 0 Å². The van der Waals surface area contributed by atoms with Crippen LogP contribution in [-0.2, 0) is 0 Å². The lowest BCUT2D eigenvalue weighted by molar-refractivity contribution is -0.274. The summed E-state index contributed by atoms with van der Waals surface area (Å²) in [5.41, 5.74) is -0.849. The van der Waals surface area contributed by atoms with Crippen LogP contribution in [0.3, 0.4) is 0 Å². The molecular formula is C10H5F4NO3. The summed E-state index contributed by atoms with van der Waals surface area (Å²) in [6, 6.07) is 1.48. The van der Waals surface area contributed by atoms with Gasteiger partial charge in [0.25, 0.3) is 0 Å². The zero-order chi connectivity index (χ0) is 13.5. The molecule has 4 nitrogen and oxygen atoms in total. The van der Waals surface area contributed by atoms with Gasteiger partial charge < -0.3 is 14.8 Å². The van der Waals surface area contributed by atoms with Gasteiger partial charge in [0, 0.05) is 6.20 Å². The van der Waals surface area contributed by atoms with Crippen molar-refractivity contribution in [2.24, 2.45) is 0 Å². The second-order valence-corrected chi connectivity index (χ2v) is 3.35. The summed E-state index contributed by atoms with van der Waals surface area (Å²) in [7, 11) is 0.